The van der Waals surface area contributed by atoms with Crippen molar-refractivity contribution in [1.82, 2.24) is 0 Å². The number of nitrogens with one attached hydrogen (secondary N) is 1. The Morgan fingerprint density at radius 2 is 2.07 bits per heavy atom. The average Bonchev–Trinajstić information content (AvgIpc) is 3.16. The molecule has 7 nitrogen and oxygen atoms in total. The number of carboxylic acid groups (broad SMARTS) is 1. The number of rotatable bonds is 4. The van der Waals surface area contributed by atoms with Gasteiger partial charge in [-0.1, -0.05) is 30.4 Å². The van der Waals surface area contributed by atoms with Crippen molar-refractivity contribution in [3.63, 3.8) is 0 Å². The maximum atomic E-state index is 11.7. The number of hydrogen-bond acceptors (Lipinski definition) is 5. The Morgan fingerprint density at radius 1 is 1.30 bits per heavy atom. The van der Waals surface area contributed by atoms with Gasteiger partial charge < -0.3 is 15.2 Å². The molecular weight excluding hydrogens is 348 g/mol. The van der Waals surface area contributed by atoms with Crippen molar-refractivity contribution < 1.29 is 19.6 Å². The number of non-ortho nitro benzene ring substituents is 1. The van der Waals surface area contributed by atoms with E-state index in [1.165, 1.54) is 13.2 Å². The lowest BCUT2D eigenvalue weighted by atomic mass is 9.76. The fourth-order valence-electron chi connectivity index (χ4n) is 4.19. The topological polar surface area (TPSA) is 102 Å². The van der Waals surface area contributed by atoms with Gasteiger partial charge in [-0.2, -0.15) is 0 Å². The molecule has 0 amide bonds. The summed E-state index contributed by atoms with van der Waals surface area (Å²) in [7, 11) is 1.47. The molecule has 7 heteroatoms. The second-order valence-corrected chi connectivity index (χ2v) is 6.74. The fourth-order valence-corrected chi connectivity index (χ4v) is 4.19. The first-order valence-corrected chi connectivity index (χ1v) is 8.63. The van der Waals surface area contributed by atoms with Crippen molar-refractivity contribution >= 4 is 17.3 Å². The van der Waals surface area contributed by atoms with Crippen LogP contribution in [-0.2, 0) is 0 Å². The van der Waals surface area contributed by atoms with Crippen LogP contribution in [0.1, 0.15) is 39.9 Å². The van der Waals surface area contributed by atoms with Gasteiger partial charge in [0, 0.05) is 12.0 Å². The van der Waals surface area contributed by atoms with E-state index in [1.54, 1.807) is 18.2 Å². The van der Waals surface area contributed by atoms with E-state index in [0.717, 1.165) is 12.0 Å². The van der Waals surface area contributed by atoms with Crippen LogP contribution in [0, 0.1) is 16.0 Å². The number of nitro benzene ring substituents is 1. The van der Waals surface area contributed by atoms with Crippen LogP contribution in [0.4, 0.5) is 11.4 Å². The molecule has 2 aromatic carbocycles. The van der Waals surface area contributed by atoms with Crippen molar-refractivity contribution in [2.45, 2.75) is 18.4 Å². The van der Waals surface area contributed by atoms with E-state index in [-0.39, 0.29) is 29.1 Å². The predicted molar refractivity (Wildman–Crippen MR) is 99.4 cm³/mol. The predicted octanol–water partition coefficient (Wildman–Crippen LogP) is 4.13. The van der Waals surface area contributed by atoms with Gasteiger partial charge in [0.2, 0.25) is 0 Å². The summed E-state index contributed by atoms with van der Waals surface area (Å²) in [6, 6.07) is 9.68. The van der Waals surface area contributed by atoms with E-state index < -0.39 is 10.9 Å². The van der Waals surface area contributed by atoms with Crippen molar-refractivity contribution in [2.24, 2.45) is 5.92 Å². The highest BCUT2D eigenvalue weighted by atomic mass is 16.6. The molecule has 1 aliphatic carbocycles. The number of carbonyl (C=O) groups is 1. The quantitative estimate of drug-likeness (QED) is 0.479. The zero-order valence-electron chi connectivity index (χ0n) is 14.6. The summed E-state index contributed by atoms with van der Waals surface area (Å²) in [6.07, 6.45) is 4.86. The summed E-state index contributed by atoms with van der Waals surface area (Å²) in [4.78, 5) is 22.6. The summed E-state index contributed by atoms with van der Waals surface area (Å²) in [6.45, 7) is 0. The molecule has 0 saturated heterocycles. The van der Waals surface area contributed by atoms with E-state index in [0.29, 0.717) is 17.0 Å². The normalized spacial score (nSPS) is 22.5. The van der Waals surface area contributed by atoms with Gasteiger partial charge in [-0.25, -0.2) is 4.79 Å². The minimum Gasteiger partial charge on any atom is -0.494 e. The molecule has 2 N–H and O–H groups in total. The van der Waals surface area contributed by atoms with Crippen molar-refractivity contribution in [3.8, 4) is 5.75 Å². The lowest BCUT2D eigenvalue weighted by Crippen LogP contribution is -2.30. The van der Waals surface area contributed by atoms with E-state index in [9.17, 15) is 20.0 Å². The highest BCUT2D eigenvalue weighted by molar-refractivity contribution is 5.90. The number of carboxylic acids is 1. The Bertz CT molecular complexity index is 969. The van der Waals surface area contributed by atoms with Crippen LogP contribution in [0.25, 0.3) is 0 Å². The highest BCUT2D eigenvalue weighted by Gasteiger charge is 2.41. The average molecular weight is 366 g/mol. The van der Waals surface area contributed by atoms with Crippen LogP contribution < -0.4 is 10.1 Å². The number of nitrogens with zero attached hydrogens (tertiary/aromatic N) is 1. The summed E-state index contributed by atoms with van der Waals surface area (Å²) < 4.78 is 5.41. The van der Waals surface area contributed by atoms with Gasteiger partial charge >= 0.3 is 5.97 Å². The SMILES string of the molecule is COc1cc([N+](=O)[O-])cc2c1N[C@H](c1ccccc1C(=O)O)[C@H]1CC=C[C@@H]21. The third-order valence-corrected chi connectivity index (χ3v) is 5.37. The number of allylic oxidation sites excluding steroid dienone is 2. The Labute approximate surface area is 155 Å². The van der Waals surface area contributed by atoms with Gasteiger partial charge in [0.1, 0.15) is 5.75 Å². The molecule has 0 spiro atoms. The van der Waals surface area contributed by atoms with E-state index >= 15 is 0 Å². The molecule has 27 heavy (non-hydrogen) atoms. The molecule has 2 aliphatic rings. The van der Waals surface area contributed by atoms with Crippen molar-refractivity contribution in [3.05, 3.63) is 75.4 Å². The van der Waals surface area contributed by atoms with E-state index in [2.05, 4.69) is 5.32 Å². The summed E-state index contributed by atoms with van der Waals surface area (Å²) >= 11 is 0. The van der Waals surface area contributed by atoms with Gasteiger partial charge in [0.15, 0.2) is 0 Å². The second kappa shape index (κ2) is 6.42. The minimum absolute atomic E-state index is 0.0177. The summed E-state index contributed by atoms with van der Waals surface area (Å²) in [5.41, 5.74) is 2.43. The number of methoxy groups -OCH3 is 1. The molecule has 1 aliphatic heterocycles. The minimum atomic E-state index is -0.976. The van der Waals surface area contributed by atoms with Crippen LogP contribution in [0.5, 0.6) is 5.75 Å². The Hall–Kier alpha value is -3.35. The first kappa shape index (κ1) is 17.1. The second-order valence-electron chi connectivity index (χ2n) is 6.74. The van der Waals surface area contributed by atoms with E-state index in [4.69, 9.17) is 4.74 Å². The third-order valence-electron chi connectivity index (χ3n) is 5.37. The molecule has 0 saturated carbocycles. The molecule has 3 atom stereocenters. The van der Waals surface area contributed by atoms with Crippen LogP contribution in [0.3, 0.4) is 0 Å². The van der Waals surface area contributed by atoms with Crippen LogP contribution in [-0.4, -0.2) is 23.1 Å². The maximum absolute atomic E-state index is 11.7. The lowest BCUT2D eigenvalue weighted by molar-refractivity contribution is -0.385. The third kappa shape index (κ3) is 2.71. The van der Waals surface area contributed by atoms with Gasteiger partial charge in [-0.15, -0.1) is 0 Å². The number of benzene rings is 2. The molecule has 4 rings (SSSR count). The van der Waals surface area contributed by atoms with Gasteiger partial charge in [0.05, 0.1) is 35.4 Å². The lowest BCUT2D eigenvalue weighted by Gasteiger charge is -2.38. The molecule has 2 aromatic rings. The number of nitro groups is 1. The number of aromatic carboxylic acids is 1. The monoisotopic (exact) mass is 366 g/mol. The molecule has 1 heterocycles. The number of hydrogen-bond donors (Lipinski definition) is 2. The van der Waals surface area contributed by atoms with Gasteiger partial charge in [-0.05, 0) is 29.5 Å². The Balaban J connectivity index is 1.88. The summed E-state index contributed by atoms with van der Waals surface area (Å²) in [5, 5.41) is 24.3. The molecule has 0 unspecified atom stereocenters. The first-order valence-electron chi connectivity index (χ1n) is 8.63. The van der Waals surface area contributed by atoms with Crippen LogP contribution >= 0.6 is 0 Å². The van der Waals surface area contributed by atoms with Gasteiger partial charge in [-0.3, -0.25) is 10.1 Å². The standard InChI is InChI=1S/C20H18N2O5/c1-27-17-10-11(22(25)26)9-16-12-7-4-8-13(12)18(21-19(16)17)14-5-2-3-6-15(14)20(23)24/h2-7,9-10,12-13,18,21H,8H2,1H3,(H,23,24)/t12-,13+,18+/m1/s1. The number of anilines is 1. The molecule has 0 fully saturated rings. The maximum Gasteiger partial charge on any atom is 0.336 e. The van der Waals surface area contributed by atoms with Gasteiger partial charge in [0.25, 0.3) is 5.69 Å². The van der Waals surface area contributed by atoms with Crippen LogP contribution in [0.15, 0.2) is 48.6 Å². The fraction of sp³-hybridized carbons (Fsp3) is 0.250. The Morgan fingerprint density at radius 3 is 2.78 bits per heavy atom. The zero-order valence-corrected chi connectivity index (χ0v) is 14.6. The molecule has 138 valence electrons. The largest absolute Gasteiger partial charge is 0.494 e. The van der Waals surface area contributed by atoms with Crippen molar-refractivity contribution in [1.29, 1.82) is 0 Å². The zero-order chi connectivity index (χ0) is 19.1. The first-order chi connectivity index (χ1) is 13.0. The van der Waals surface area contributed by atoms with Crippen molar-refractivity contribution in [2.75, 3.05) is 12.4 Å². The van der Waals surface area contributed by atoms with E-state index in [1.807, 2.05) is 24.3 Å². The highest BCUT2D eigenvalue weighted by Crippen LogP contribution is 2.53. The molecular formula is C20H18N2O5. The molecule has 0 radical (unpaired) electrons. The Kier molecular flexibility index (Phi) is 4.07. The summed E-state index contributed by atoms with van der Waals surface area (Å²) in [5.74, 6) is -0.557. The number of fused-ring (bicyclic) bond motifs is 3. The molecule has 0 bridgehead atoms. The number of ether oxygens (including phenoxy) is 1. The van der Waals surface area contributed by atoms with Crippen LogP contribution in [0.2, 0.25) is 0 Å². The smallest absolute Gasteiger partial charge is 0.336 e. The molecule has 0 aromatic heterocycles.